The molecule has 1 aliphatic rings. The maximum Gasteiger partial charge on any atom is 0.303 e. The third kappa shape index (κ3) is 3.24. The van der Waals surface area contributed by atoms with Crippen molar-refractivity contribution in [2.24, 2.45) is 0 Å². The first kappa shape index (κ1) is 24.6. The second-order valence-corrected chi connectivity index (χ2v) is 12.5. The molecule has 0 unspecified atom stereocenters. The van der Waals surface area contributed by atoms with Crippen LogP contribution in [0.5, 0.6) is 11.8 Å². The van der Waals surface area contributed by atoms with Crippen LogP contribution in [0.15, 0.2) is 133 Å². The number of aromatic nitrogens is 4. The van der Waals surface area contributed by atoms with Gasteiger partial charge in [0.1, 0.15) is 5.75 Å². The van der Waals surface area contributed by atoms with Crippen molar-refractivity contribution in [3.63, 3.8) is 0 Å². The summed E-state index contributed by atoms with van der Waals surface area (Å²) in [4.78, 5) is 4.86. The Balaban J connectivity index is 1.26. The second kappa shape index (κ2) is 8.64. The van der Waals surface area contributed by atoms with Crippen molar-refractivity contribution in [3.05, 3.63) is 139 Å². The van der Waals surface area contributed by atoms with Crippen LogP contribution in [-0.2, 0) is 5.54 Å². The highest BCUT2D eigenvalue weighted by atomic mass is 16.5. The Labute approximate surface area is 259 Å². The molecule has 0 fully saturated rings. The number of imidazole rings is 1. The molecule has 0 radical (unpaired) electrons. The molecule has 9 aromatic rings. The van der Waals surface area contributed by atoms with E-state index in [2.05, 4.69) is 149 Å². The number of hydrogen-bond acceptors (Lipinski definition) is 2. The summed E-state index contributed by atoms with van der Waals surface area (Å²) in [5, 5.41) is 4.96. The number of ether oxygens (including phenoxy) is 1. The van der Waals surface area contributed by atoms with Gasteiger partial charge >= 0.3 is 6.01 Å². The predicted octanol–water partition coefficient (Wildman–Crippen LogP) is 10.1. The van der Waals surface area contributed by atoms with Gasteiger partial charge in [0.15, 0.2) is 0 Å². The van der Waals surface area contributed by atoms with Gasteiger partial charge in [-0.15, -0.1) is 0 Å². The minimum absolute atomic E-state index is 0.332. The Kier molecular flexibility index (Phi) is 4.73. The van der Waals surface area contributed by atoms with Crippen molar-refractivity contribution in [2.45, 2.75) is 19.4 Å². The van der Waals surface area contributed by atoms with Crippen molar-refractivity contribution in [3.8, 4) is 23.1 Å². The third-order valence-corrected chi connectivity index (χ3v) is 9.65. The molecule has 0 spiro atoms. The van der Waals surface area contributed by atoms with Gasteiger partial charge in [0.05, 0.1) is 38.6 Å². The summed E-state index contributed by atoms with van der Waals surface area (Å²) in [6.07, 6.45) is 0. The van der Waals surface area contributed by atoms with E-state index in [-0.39, 0.29) is 5.54 Å². The highest BCUT2D eigenvalue weighted by Gasteiger charge is 2.36. The minimum Gasteiger partial charge on any atom is -0.425 e. The van der Waals surface area contributed by atoms with Gasteiger partial charge < -0.3 is 13.9 Å². The molecule has 0 N–H and O–H groups in total. The molecule has 0 saturated heterocycles. The third-order valence-electron chi connectivity index (χ3n) is 9.65. The summed E-state index contributed by atoms with van der Waals surface area (Å²) < 4.78 is 13.6. The van der Waals surface area contributed by atoms with E-state index in [1.165, 1.54) is 32.6 Å². The minimum atomic E-state index is -0.332. The number of benzene rings is 6. The van der Waals surface area contributed by atoms with Crippen LogP contribution in [0.4, 0.5) is 0 Å². The maximum atomic E-state index is 6.58. The van der Waals surface area contributed by atoms with E-state index in [9.17, 15) is 0 Å². The number of fused-ring (bicyclic) bond motifs is 10. The second-order valence-electron chi connectivity index (χ2n) is 12.5. The quantitative estimate of drug-likeness (QED) is 0.204. The molecule has 6 aromatic carbocycles. The number of rotatable bonds is 2. The largest absolute Gasteiger partial charge is 0.425 e. The first-order valence-electron chi connectivity index (χ1n) is 15.4. The van der Waals surface area contributed by atoms with E-state index < -0.39 is 0 Å². The van der Waals surface area contributed by atoms with Crippen LogP contribution in [0.1, 0.15) is 19.4 Å². The summed E-state index contributed by atoms with van der Waals surface area (Å²) in [5.41, 5.74) is 9.73. The molecular formula is C40H28N4O. The number of hydrogen-bond donors (Lipinski definition) is 0. The fourth-order valence-corrected chi connectivity index (χ4v) is 7.64. The highest BCUT2D eigenvalue weighted by Crippen LogP contribution is 2.46. The SMILES string of the molecule is CC1(C)c2ccc(-n3c4ccccc4c4cc5c6ccccc6n(-c6ccccc6)c5cc43)cc2Oc2nc3ccccc3n21. The summed E-state index contributed by atoms with van der Waals surface area (Å²) in [5.74, 6) is 0.839. The fraction of sp³-hybridized carbons (Fsp3) is 0.0750. The van der Waals surface area contributed by atoms with Gasteiger partial charge in [-0.1, -0.05) is 72.8 Å². The normalized spacial score (nSPS) is 13.9. The van der Waals surface area contributed by atoms with Crippen molar-refractivity contribution in [2.75, 3.05) is 0 Å². The Morgan fingerprint density at radius 2 is 1.11 bits per heavy atom. The molecule has 10 rings (SSSR count). The first-order chi connectivity index (χ1) is 22.1. The van der Waals surface area contributed by atoms with Gasteiger partial charge in [-0.3, -0.25) is 4.57 Å². The van der Waals surface area contributed by atoms with Crippen LogP contribution in [0.3, 0.4) is 0 Å². The molecular weight excluding hydrogens is 552 g/mol. The van der Waals surface area contributed by atoms with Crippen molar-refractivity contribution in [1.29, 1.82) is 0 Å². The van der Waals surface area contributed by atoms with Gasteiger partial charge in [0, 0.05) is 44.5 Å². The summed E-state index contributed by atoms with van der Waals surface area (Å²) >= 11 is 0. The molecule has 0 amide bonds. The Bertz CT molecular complexity index is 2650. The van der Waals surface area contributed by atoms with Gasteiger partial charge in [0.2, 0.25) is 0 Å². The van der Waals surface area contributed by atoms with Gasteiger partial charge in [-0.25, -0.2) is 0 Å². The lowest BCUT2D eigenvalue weighted by atomic mass is 9.91. The van der Waals surface area contributed by atoms with Crippen molar-refractivity contribution < 1.29 is 4.74 Å². The molecule has 4 heterocycles. The van der Waals surface area contributed by atoms with E-state index in [4.69, 9.17) is 9.72 Å². The molecule has 0 atom stereocenters. The zero-order valence-electron chi connectivity index (χ0n) is 24.9. The topological polar surface area (TPSA) is 36.9 Å². The zero-order chi connectivity index (χ0) is 29.9. The lowest BCUT2D eigenvalue weighted by Crippen LogP contribution is -2.31. The van der Waals surface area contributed by atoms with E-state index in [1.807, 2.05) is 12.1 Å². The van der Waals surface area contributed by atoms with Crippen LogP contribution >= 0.6 is 0 Å². The fourth-order valence-electron chi connectivity index (χ4n) is 7.64. The summed E-state index contributed by atoms with van der Waals surface area (Å²) in [6, 6.07) is 48.3. The van der Waals surface area contributed by atoms with Gasteiger partial charge in [-0.2, -0.15) is 4.98 Å². The van der Waals surface area contributed by atoms with Gasteiger partial charge in [0.25, 0.3) is 0 Å². The average Bonchev–Trinajstić information content (AvgIpc) is 3.71. The maximum absolute atomic E-state index is 6.58. The molecule has 3 aromatic heterocycles. The Morgan fingerprint density at radius 3 is 1.82 bits per heavy atom. The smallest absolute Gasteiger partial charge is 0.303 e. The van der Waals surface area contributed by atoms with Crippen LogP contribution in [0.25, 0.3) is 66.0 Å². The van der Waals surface area contributed by atoms with E-state index in [0.29, 0.717) is 6.01 Å². The van der Waals surface area contributed by atoms with Crippen molar-refractivity contribution in [1.82, 2.24) is 18.7 Å². The zero-order valence-corrected chi connectivity index (χ0v) is 24.9. The van der Waals surface area contributed by atoms with E-state index in [0.717, 1.165) is 44.8 Å². The van der Waals surface area contributed by atoms with Crippen LogP contribution in [0, 0.1) is 0 Å². The molecule has 0 bridgehead atoms. The lowest BCUT2D eigenvalue weighted by Gasteiger charge is -2.35. The summed E-state index contributed by atoms with van der Waals surface area (Å²) in [6.45, 7) is 4.48. The molecule has 1 aliphatic heterocycles. The van der Waals surface area contributed by atoms with Crippen LogP contribution in [-0.4, -0.2) is 18.7 Å². The van der Waals surface area contributed by atoms with E-state index >= 15 is 0 Å². The predicted molar refractivity (Wildman–Crippen MR) is 183 cm³/mol. The van der Waals surface area contributed by atoms with Crippen LogP contribution in [0.2, 0.25) is 0 Å². The summed E-state index contributed by atoms with van der Waals surface area (Å²) in [7, 11) is 0. The highest BCUT2D eigenvalue weighted by molar-refractivity contribution is 6.19. The molecule has 0 aliphatic carbocycles. The molecule has 45 heavy (non-hydrogen) atoms. The number of para-hydroxylation sites is 5. The van der Waals surface area contributed by atoms with Crippen LogP contribution < -0.4 is 4.74 Å². The Hall–Kier alpha value is -5.81. The van der Waals surface area contributed by atoms with Gasteiger partial charge in [-0.05, 0) is 68.4 Å². The molecule has 5 nitrogen and oxygen atoms in total. The number of nitrogens with zero attached hydrogens (tertiary/aromatic N) is 4. The lowest BCUT2D eigenvalue weighted by molar-refractivity contribution is 0.306. The molecule has 0 saturated carbocycles. The monoisotopic (exact) mass is 580 g/mol. The standard InChI is InChI=1S/C40H28N4O/c1-40(2)31-21-20-26(22-38(31)45-39-41-32-16-8-11-19-35(32)44(39)40)43-34-18-10-7-15-28(34)30-23-29-27-14-6-9-17-33(27)42(36(29)24-37(30)43)25-12-4-3-5-13-25/h3-24H,1-2H3. The first-order valence-corrected chi connectivity index (χ1v) is 15.4. The molecule has 214 valence electrons. The van der Waals surface area contributed by atoms with Crippen molar-refractivity contribution >= 4 is 54.6 Å². The Morgan fingerprint density at radius 1 is 0.511 bits per heavy atom. The molecule has 5 heteroatoms. The average molecular weight is 581 g/mol. The van der Waals surface area contributed by atoms with E-state index in [1.54, 1.807) is 0 Å².